The fraction of sp³-hybridized carbons (Fsp3) is 0.417. The van der Waals surface area contributed by atoms with Gasteiger partial charge < -0.3 is 9.32 Å². The molecule has 0 aliphatic heterocycles. The Morgan fingerprint density at radius 1 is 1.56 bits per heavy atom. The van der Waals surface area contributed by atoms with E-state index in [1.165, 1.54) is 11.5 Å². The highest BCUT2D eigenvalue weighted by atomic mass is 32.1. The lowest BCUT2D eigenvalue weighted by atomic mass is 10.2. The summed E-state index contributed by atoms with van der Waals surface area (Å²) in [6.45, 7) is 3.27. The molecule has 0 bridgehead atoms. The van der Waals surface area contributed by atoms with Crippen molar-refractivity contribution in [2.75, 3.05) is 6.54 Å². The number of carbonyl (C=O) groups is 1. The van der Waals surface area contributed by atoms with E-state index in [9.17, 15) is 4.79 Å². The van der Waals surface area contributed by atoms with Crippen LogP contribution in [0.3, 0.4) is 0 Å². The number of unbranched alkanes of at least 4 members (excludes halogenated alkanes) is 1. The van der Waals surface area contributed by atoms with Gasteiger partial charge >= 0.3 is 0 Å². The van der Waals surface area contributed by atoms with Gasteiger partial charge in [-0.15, -0.1) is 5.10 Å². The zero-order valence-corrected chi connectivity index (χ0v) is 11.0. The first kappa shape index (κ1) is 12.8. The van der Waals surface area contributed by atoms with Gasteiger partial charge in [0.1, 0.15) is 5.76 Å². The van der Waals surface area contributed by atoms with Gasteiger partial charge in [-0.3, -0.25) is 4.79 Å². The van der Waals surface area contributed by atoms with E-state index < -0.39 is 0 Å². The molecule has 0 spiro atoms. The highest BCUT2D eigenvalue weighted by Gasteiger charge is 2.18. The van der Waals surface area contributed by atoms with E-state index in [4.69, 9.17) is 4.42 Å². The first-order chi connectivity index (χ1) is 8.81. The monoisotopic (exact) mass is 265 g/mol. The minimum Gasteiger partial charge on any atom is -0.467 e. The van der Waals surface area contributed by atoms with Gasteiger partial charge in [0.05, 0.1) is 12.8 Å². The van der Waals surface area contributed by atoms with E-state index in [1.54, 1.807) is 16.5 Å². The second-order valence-corrected chi connectivity index (χ2v) is 4.56. The standard InChI is InChI=1S/C12H15N3O2S/c1-2-3-6-15(8-10-5-4-7-17-10)12(16)11-9-18-14-13-11/h4-5,7,9H,2-3,6,8H2,1H3. The van der Waals surface area contributed by atoms with Crippen LogP contribution in [0.2, 0.25) is 0 Å². The topological polar surface area (TPSA) is 59.2 Å². The summed E-state index contributed by atoms with van der Waals surface area (Å²) in [5.41, 5.74) is 0.405. The Bertz CT molecular complexity index is 467. The zero-order chi connectivity index (χ0) is 12.8. The molecule has 0 aliphatic rings. The van der Waals surface area contributed by atoms with E-state index in [0.29, 0.717) is 18.8 Å². The van der Waals surface area contributed by atoms with Crippen molar-refractivity contribution in [1.29, 1.82) is 0 Å². The molecule has 0 N–H and O–H groups in total. The van der Waals surface area contributed by atoms with Crippen LogP contribution in [0.15, 0.2) is 28.2 Å². The van der Waals surface area contributed by atoms with Crippen LogP contribution >= 0.6 is 11.5 Å². The Morgan fingerprint density at radius 3 is 3.06 bits per heavy atom. The van der Waals surface area contributed by atoms with E-state index >= 15 is 0 Å². The molecule has 18 heavy (non-hydrogen) atoms. The Balaban J connectivity index is 2.07. The summed E-state index contributed by atoms with van der Waals surface area (Å²) >= 11 is 1.19. The summed E-state index contributed by atoms with van der Waals surface area (Å²) in [5, 5.41) is 5.49. The first-order valence-corrected chi connectivity index (χ1v) is 6.73. The largest absolute Gasteiger partial charge is 0.467 e. The van der Waals surface area contributed by atoms with Crippen LogP contribution in [-0.4, -0.2) is 26.9 Å². The molecule has 0 fully saturated rings. The highest BCUT2D eigenvalue weighted by Crippen LogP contribution is 2.11. The molecule has 0 saturated heterocycles. The lowest BCUT2D eigenvalue weighted by Crippen LogP contribution is -2.31. The van der Waals surface area contributed by atoms with Gasteiger partial charge in [-0.1, -0.05) is 17.8 Å². The molecule has 1 amide bonds. The van der Waals surface area contributed by atoms with E-state index in [2.05, 4.69) is 16.5 Å². The second-order valence-electron chi connectivity index (χ2n) is 3.95. The third kappa shape index (κ3) is 3.16. The van der Waals surface area contributed by atoms with Gasteiger partial charge in [0.15, 0.2) is 5.69 Å². The smallest absolute Gasteiger partial charge is 0.275 e. The normalized spacial score (nSPS) is 10.5. The molecule has 96 valence electrons. The molecule has 0 aromatic carbocycles. The van der Waals surface area contributed by atoms with Crippen LogP contribution in [0.1, 0.15) is 36.0 Å². The van der Waals surface area contributed by atoms with Crippen molar-refractivity contribution in [3.05, 3.63) is 35.2 Å². The maximum absolute atomic E-state index is 12.2. The fourth-order valence-electron chi connectivity index (χ4n) is 1.61. The van der Waals surface area contributed by atoms with Gasteiger partial charge in [0, 0.05) is 11.9 Å². The first-order valence-electron chi connectivity index (χ1n) is 5.90. The van der Waals surface area contributed by atoms with Crippen molar-refractivity contribution in [2.45, 2.75) is 26.3 Å². The number of nitrogens with zero attached hydrogens (tertiary/aromatic N) is 3. The van der Waals surface area contributed by atoms with Crippen LogP contribution in [0.5, 0.6) is 0 Å². The van der Waals surface area contributed by atoms with Gasteiger partial charge in [0.2, 0.25) is 0 Å². The van der Waals surface area contributed by atoms with Gasteiger partial charge in [-0.05, 0) is 30.1 Å². The molecular formula is C12H15N3O2S. The molecule has 0 unspecified atom stereocenters. The summed E-state index contributed by atoms with van der Waals surface area (Å²) in [4.78, 5) is 14.0. The quantitative estimate of drug-likeness (QED) is 0.805. The van der Waals surface area contributed by atoms with Crippen molar-refractivity contribution >= 4 is 17.4 Å². The molecule has 5 nitrogen and oxygen atoms in total. The van der Waals surface area contributed by atoms with Gasteiger partial charge in [0.25, 0.3) is 5.91 Å². The molecule has 0 saturated carbocycles. The Labute approximate surface area is 110 Å². The molecule has 6 heteroatoms. The molecule has 2 rings (SSSR count). The molecule has 2 heterocycles. The second kappa shape index (κ2) is 6.30. The SMILES string of the molecule is CCCCN(Cc1ccco1)C(=O)c1csnn1. The lowest BCUT2D eigenvalue weighted by Gasteiger charge is -2.20. The number of aromatic nitrogens is 2. The molecular weight excluding hydrogens is 250 g/mol. The molecule has 0 radical (unpaired) electrons. The third-order valence-electron chi connectivity index (χ3n) is 2.57. The summed E-state index contributed by atoms with van der Waals surface area (Å²) in [6.07, 6.45) is 3.61. The molecule has 0 aliphatic carbocycles. The van der Waals surface area contributed by atoms with E-state index in [-0.39, 0.29) is 5.91 Å². The van der Waals surface area contributed by atoms with Crippen molar-refractivity contribution in [1.82, 2.24) is 14.5 Å². The van der Waals surface area contributed by atoms with Crippen LogP contribution in [0, 0.1) is 0 Å². The van der Waals surface area contributed by atoms with Crippen LogP contribution in [0.4, 0.5) is 0 Å². The average Bonchev–Trinajstić information content (AvgIpc) is 3.06. The van der Waals surface area contributed by atoms with Crippen molar-refractivity contribution in [3.63, 3.8) is 0 Å². The highest BCUT2D eigenvalue weighted by molar-refractivity contribution is 7.03. The lowest BCUT2D eigenvalue weighted by molar-refractivity contribution is 0.0723. The Morgan fingerprint density at radius 2 is 2.44 bits per heavy atom. The third-order valence-corrected chi connectivity index (χ3v) is 3.08. The van der Waals surface area contributed by atoms with Gasteiger partial charge in [-0.25, -0.2) is 0 Å². The summed E-state index contributed by atoms with van der Waals surface area (Å²) in [7, 11) is 0. The van der Waals surface area contributed by atoms with Crippen molar-refractivity contribution in [3.8, 4) is 0 Å². The number of hydrogen-bond acceptors (Lipinski definition) is 5. The summed E-state index contributed by atoms with van der Waals surface area (Å²) in [5.74, 6) is 0.691. The maximum atomic E-state index is 12.2. The minimum absolute atomic E-state index is 0.0893. The minimum atomic E-state index is -0.0893. The van der Waals surface area contributed by atoms with Crippen LogP contribution in [-0.2, 0) is 6.54 Å². The number of rotatable bonds is 6. The number of amides is 1. The maximum Gasteiger partial charge on any atom is 0.275 e. The summed E-state index contributed by atoms with van der Waals surface area (Å²) in [6, 6.07) is 3.69. The zero-order valence-electron chi connectivity index (χ0n) is 10.2. The van der Waals surface area contributed by atoms with Crippen molar-refractivity contribution < 1.29 is 9.21 Å². The predicted molar refractivity (Wildman–Crippen MR) is 68.3 cm³/mol. The van der Waals surface area contributed by atoms with E-state index in [1.807, 2.05) is 12.1 Å². The van der Waals surface area contributed by atoms with E-state index in [0.717, 1.165) is 18.6 Å². The molecule has 2 aromatic rings. The number of carbonyl (C=O) groups excluding carboxylic acids is 1. The molecule has 0 atom stereocenters. The Kier molecular flexibility index (Phi) is 4.46. The summed E-state index contributed by atoms with van der Waals surface area (Å²) < 4.78 is 9.01. The van der Waals surface area contributed by atoms with Crippen LogP contribution in [0.25, 0.3) is 0 Å². The number of hydrogen-bond donors (Lipinski definition) is 0. The number of furan rings is 1. The Hall–Kier alpha value is -1.69. The average molecular weight is 265 g/mol. The van der Waals surface area contributed by atoms with Crippen LogP contribution < -0.4 is 0 Å². The molecule has 2 aromatic heterocycles. The predicted octanol–water partition coefficient (Wildman–Crippen LogP) is 2.57. The van der Waals surface area contributed by atoms with Crippen molar-refractivity contribution in [2.24, 2.45) is 0 Å². The van der Waals surface area contributed by atoms with Gasteiger partial charge in [-0.2, -0.15) is 0 Å². The fourth-order valence-corrected chi connectivity index (χ4v) is 2.04.